The summed E-state index contributed by atoms with van der Waals surface area (Å²) in [4.78, 5) is 11.2. The van der Waals surface area contributed by atoms with E-state index >= 15 is 0 Å². The summed E-state index contributed by atoms with van der Waals surface area (Å²) in [6.45, 7) is 0.0216. The van der Waals surface area contributed by atoms with Crippen molar-refractivity contribution in [3.63, 3.8) is 0 Å². The van der Waals surface area contributed by atoms with E-state index in [0.29, 0.717) is 16.7 Å². The normalized spacial score (nSPS) is 12.0. The maximum atomic E-state index is 12.4. The molecular formula is C16H14F3NO5S. The van der Waals surface area contributed by atoms with E-state index in [9.17, 15) is 26.4 Å². The quantitative estimate of drug-likeness (QED) is 0.792. The molecule has 0 saturated heterocycles. The highest BCUT2D eigenvalue weighted by atomic mass is 32.2. The summed E-state index contributed by atoms with van der Waals surface area (Å²) in [7, 11) is -3.39. The minimum atomic E-state index is -5.01. The second-order valence-electron chi connectivity index (χ2n) is 5.36. The van der Waals surface area contributed by atoms with Crippen LogP contribution < -0.4 is 9.46 Å². The molecule has 0 amide bonds. The molecule has 0 aliphatic carbocycles. The lowest BCUT2D eigenvalue weighted by atomic mass is 10.0. The summed E-state index contributed by atoms with van der Waals surface area (Å²) in [5, 5.41) is 9.14. The molecule has 0 unspecified atom stereocenters. The summed E-state index contributed by atoms with van der Waals surface area (Å²) in [6.07, 6.45) is -4.00. The molecule has 2 N–H and O–H groups in total. The van der Waals surface area contributed by atoms with Crippen molar-refractivity contribution in [1.29, 1.82) is 0 Å². The highest BCUT2D eigenvalue weighted by molar-refractivity contribution is 7.88. The molecule has 0 bridgehead atoms. The Morgan fingerprint density at radius 3 is 2.38 bits per heavy atom. The van der Waals surface area contributed by atoms with Crippen molar-refractivity contribution in [2.24, 2.45) is 0 Å². The van der Waals surface area contributed by atoms with E-state index in [4.69, 9.17) is 5.11 Å². The topological polar surface area (TPSA) is 92.7 Å². The minimum absolute atomic E-state index is 0.0216. The molecule has 26 heavy (non-hydrogen) atoms. The monoisotopic (exact) mass is 389 g/mol. The van der Waals surface area contributed by atoms with Crippen molar-refractivity contribution in [1.82, 2.24) is 4.72 Å². The average molecular weight is 389 g/mol. The van der Waals surface area contributed by atoms with Gasteiger partial charge in [0.25, 0.3) is 0 Å². The van der Waals surface area contributed by atoms with Crippen LogP contribution in [0.2, 0.25) is 0 Å². The number of carboxylic acids is 1. The van der Waals surface area contributed by atoms with Crippen LogP contribution in [-0.2, 0) is 16.6 Å². The number of alkyl halides is 3. The predicted octanol–water partition coefficient (Wildman–Crippen LogP) is 3.00. The van der Waals surface area contributed by atoms with Gasteiger partial charge in [-0.15, -0.1) is 13.2 Å². The van der Waals surface area contributed by atoms with Crippen LogP contribution in [0.1, 0.15) is 15.9 Å². The Labute approximate surface area is 147 Å². The van der Waals surface area contributed by atoms with Gasteiger partial charge in [-0.25, -0.2) is 17.9 Å². The highest BCUT2D eigenvalue weighted by Gasteiger charge is 2.33. The molecule has 0 aliphatic heterocycles. The Morgan fingerprint density at radius 2 is 1.81 bits per heavy atom. The number of halogens is 3. The van der Waals surface area contributed by atoms with Gasteiger partial charge in [0.2, 0.25) is 10.0 Å². The van der Waals surface area contributed by atoms with Crippen LogP contribution in [0.5, 0.6) is 5.75 Å². The largest absolute Gasteiger partial charge is 0.573 e. The lowest BCUT2D eigenvalue weighted by Crippen LogP contribution is -2.21. The number of hydrogen-bond donors (Lipinski definition) is 2. The van der Waals surface area contributed by atoms with Gasteiger partial charge >= 0.3 is 12.3 Å². The number of carboxylic acid groups (broad SMARTS) is 1. The first-order valence-electron chi connectivity index (χ1n) is 7.12. The average Bonchev–Trinajstić information content (AvgIpc) is 2.51. The van der Waals surface area contributed by atoms with Crippen molar-refractivity contribution >= 4 is 16.0 Å². The Kier molecular flexibility index (Phi) is 5.57. The van der Waals surface area contributed by atoms with Crippen molar-refractivity contribution in [3.8, 4) is 16.9 Å². The maximum Gasteiger partial charge on any atom is 0.573 e. The fourth-order valence-electron chi connectivity index (χ4n) is 2.17. The molecule has 10 heteroatoms. The molecular weight excluding hydrogens is 375 g/mol. The molecule has 0 aromatic heterocycles. The van der Waals surface area contributed by atoms with Crippen LogP contribution in [0.25, 0.3) is 11.1 Å². The van der Waals surface area contributed by atoms with E-state index in [1.807, 2.05) is 0 Å². The Bertz CT molecular complexity index is 926. The second-order valence-corrected chi connectivity index (χ2v) is 7.19. The zero-order valence-corrected chi connectivity index (χ0v) is 14.2. The number of hydrogen-bond acceptors (Lipinski definition) is 4. The summed E-state index contributed by atoms with van der Waals surface area (Å²) in [5.41, 5.74) is 0.817. The second kappa shape index (κ2) is 7.34. The molecule has 0 atom stereocenters. The molecule has 140 valence electrons. The zero-order chi connectivity index (χ0) is 19.5. The number of ether oxygens (including phenoxy) is 1. The predicted molar refractivity (Wildman–Crippen MR) is 87.2 cm³/mol. The molecule has 0 saturated carbocycles. The lowest BCUT2D eigenvalue weighted by molar-refractivity contribution is -0.274. The van der Waals surface area contributed by atoms with Crippen LogP contribution >= 0.6 is 0 Å². The number of aromatic carboxylic acids is 1. The number of nitrogens with one attached hydrogen (secondary N) is 1. The highest BCUT2D eigenvalue weighted by Crippen LogP contribution is 2.31. The lowest BCUT2D eigenvalue weighted by Gasteiger charge is -2.13. The van der Waals surface area contributed by atoms with Gasteiger partial charge in [-0.2, -0.15) is 0 Å². The van der Waals surface area contributed by atoms with Crippen molar-refractivity contribution < 1.29 is 36.2 Å². The zero-order valence-electron chi connectivity index (χ0n) is 13.4. The third-order valence-corrected chi connectivity index (χ3v) is 3.90. The van der Waals surface area contributed by atoms with Crippen molar-refractivity contribution in [3.05, 3.63) is 53.6 Å². The molecule has 0 aliphatic rings. The summed E-state index contributed by atoms with van der Waals surface area (Å²) < 4.78 is 65.5. The smallest absolute Gasteiger partial charge is 0.478 e. The Hall–Kier alpha value is -2.59. The number of sulfonamides is 1. The standard InChI is InChI=1S/C16H14F3NO5S/c1-26(23,24)20-9-10-3-2-4-11(7-10)12-5-6-14(25-16(17,18)19)13(8-12)15(21)22/h2-8,20H,9H2,1H3,(H,21,22). The first kappa shape index (κ1) is 19.7. The molecule has 0 spiro atoms. The molecule has 0 radical (unpaired) electrons. The van der Waals surface area contributed by atoms with Crippen LogP contribution in [-0.4, -0.2) is 32.1 Å². The van der Waals surface area contributed by atoms with Gasteiger partial charge in [-0.1, -0.05) is 24.3 Å². The van der Waals surface area contributed by atoms with Gasteiger partial charge in [-0.05, 0) is 34.9 Å². The van der Waals surface area contributed by atoms with E-state index in [1.54, 1.807) is 24.3 Å². The van der Waals surface area contributed by atoms with Crippen LogP contribution in [0, 0.1) is 0 Å². The molecule has 0 fully saturated rings. The van der Waals surface area contributed by atoms with Gasteiger partial charge in [-0.3, -0.25) is 0 Å². The van der Waals surface area contributed by atoms with E-state index in [-0.39, 0.29) is 6.54 Å². The molecule has 2 aromatic rings. The van der Waals surface area contributed by atoms with Crippen LogP contribution in [0.15, 0.2) is 42.5 Å². The van der Waals surface area contributed by atoms with Gasteiger partial charge < -0.3 is 9.84 Å². The van der Waals surface area contributed by atoms with Gasteiger partial charge in [0.1, 0.15) is 11.3 Å². The first-order chi connectivity index (χ1) is 11.9. The number of rotatable bonds is 6. The summed E-state index contributed by atoms with van der Waals surface area (Å²) in [5.74, 6) is -2.38. The molecule has 2 aromatic carbocycles. The Morgan fingerprint density at radius 1 is 1.15 bits per heavy atom. The van der Waals surface area contributed by atoms with Crippen molar-refractivity contribution in [2.75, 3.05) is 6.26 Å². The fourth-order valence-corrected chi connectivity index (χ4v) is 2.59. The van der Waals surface area contributed by atoms with Crippen LogP contribution in [0.4, 0.5) is 13.2 Å². The summed E-state index contributed by atoms with van der Waals surface area (Å²) >= 11 is 0. The van der Waals surface area contributed by atoms with E-state index in [1.165, 1.54) is 6.07 Å². The van der Waals surface area contributed by atoms with E-state index in [0.717, 1.165) is 18.4 Å². The fraction of sp³-hybridized carbons (Fsp3) is 0.188. The van der Waals surface area contributed by atoms with Crippen LogP contribution in [0.3, 0.4) is 0 Å². The third kappa shape index (κ3) is 5.74. The van der Waals surface area contributed by atoms with Gasteiger partial charge in [0.15, 0.2) is 0 Å². The number of carbonyl (C=O) groups is 1. The molecule has 2 rings (SSSR count). The van der Waals surface area contributed by atoms with Crippen molar-refractivity contribution in [2.45, 2.75) is 12.9 Å². The van der Waals surface area contributed by atoms with E-state index in [2.05, 4.69) is 9.46 Å². The maximum absolute atomic E-state index is 12.4. The molecule has 0 heterocycles. The molecule has 6 nitrogen and oxygen atoms in total. The van der Waals surface area contributed by atoms with Gasteiger partial charge in [0.05, 0.1) is 6.26 Å². The SMILES string of the molecule is CS(=O)(=O)NCc1cccc(-c2ccc(OC(F)(F)F)c(C(=O)O)c2)c1. The Balaban J connectivity index is 2.37. The van der Waals surface area contributed by atoms with E-state index < -0.39 is 33.7 Å². The summed E-state index contributed by atoms with van der Waals surface area (Å²) in [6, 6.07) is 9.77. The third-order valence-electron chi connectivity index (χ3n) is 3.23. The number of benzene rings is 2. The minimum Gasteiger partial charge on any atom is -0.478 e. The first-order valence-corrected chi connectivity index (χ1v) is 9.01. The van der Waals surface area contributed by atoms with Gasteiger partial charge in [0, 0.05) is 6.54 Å².